The Morgan fingerprint density at radius 1 is 0.971 bits per heavy atom. The van der Waals surface area contributed by atoms with Crippen LogP contribution in [0.1, 0.15) is 12.5 Å². The van der Waals surface area contributed by atoms with Crippen molar-refractivity contribution in [1.82, 2.24) is 9.78 Å². The van der Waals surface area contributed by atoms with Crippen LogP contribution in [-0.2, 0) is 0 Å². The minimum absolute atomic E-state index is 0.100. The summed E-state index contributed by atoms with van der Waals surface area (Å²) in [6.07, 6.45) is -4.91. The van der Waals surface area contributed by atoms with E-state index in [-0.39, 0.29) is 17.0 Å². The second kappa shape index (κ2) is 9.49. The second-order valence-corrected chi connectivity index (χ2v) is 7.42. The fraction of sp³-hybridized carbons (Fsp3) is 0.120. The van der Waals surface area contributed by atoms with Gasteiger partial charge in [-0.15, -0.1) is 13.2 Å². The number of alkyl halides is 3. The molecule has 0 bridgehead atoms. The first-order valence-electron chi connectivity index (χ1n) is 10.3. The molecule has 1 N–H and O–H groups in total. The van der Waals surface area contributed by atoms with Gasteiger partial charge in [0, 0.05) is 5.56 Å². The van der Waals surface area contributed by atoms with E-state index in [1.54, 1.807) is 24.3 Å². The highest BCUT2D eigenvalue weighted by Crippen LogP contribution is 2.33. The molecule has 1 heterocycles. The summed E-state index contributed by atoms with van der Waals surface area (Å²) in [6, 6.07) is 17.5. The molecule has 0 radical (unpaired) electrons. The molecule has 0 saturated carbocycles. The molecule has 1 aromatic heterocycles. The number of ether oxygens (including phenoxy) is 2. The maximum absolute atomic E-state index is 13.4. The molecule has 0 aliphatic heterocycles. The van der Waals surface area contributed by atoms with Gasteiger partial charge in [0.1, 0.15) is 17.3 Å². The van der Waals surface area contributed by atoms with Gasteiger partial charge in [0.2, 0.25) is 0 Å². The maximum Gasteiger partial charge on any atom is 0.573 e. The quantitative estimate of drug-likeness (QED) is 0.268. The molecule has 4 aromatic rings. The first-order valence-corrected chi connectivity index (χ1v) is 10.3. The molecule has 0 amide bonds. The lowest BCUT2D eigenvalue weighted by Gasteiger charge is -2.11. The number of rotatable bonds is 6. The topological polar surface area (TPSA) is 68.6 Å². The van der Waals surface area contributed by atoms with Gasteiger partial charge < -0.3 is 9.47 Å². The van der Waals surface area contributed by atoms with Crippen molar-refractivity contribution in [2.24, 2.45) is 4.99 Å². The number of para-hydroxylation sites is 2. The van der Waals surface area contributed by atoms with Crippen molar-refractivity contribution in [3.63, 3.8) is 0 Å². The molecule has 0 atom stereocenters. The van der Waals surface area contributed by atoms with Gasteiger partial charge >= 0.3 is 6.36 Å². The average Bonchev–Trinajstić information content (AvgIpc) is 3.17. The third-order valence-corrected chi connectivity index (χ3v) is 5.09. The van der Waals surface area contributed by atoms with Crippen LogP contribution < -0.4 is 15.0 Å². The largest absolute Gasteiger partial charge is 0.573 e. The SMILES string of the molecule is COc1ccc(-c2[nH]n(-c3ccc(F)cc3)c(=O)c2C(C)=Nc2ccccc2OC(F)(F)F)cc1. The van der Waals surface area contributed by atoms with Crippen LogP contribution in [0.3, 0.4) is 0 Å². The Morgan fingerprint density at radius 3 is 2.26 bits per heavy atom. The summed E-state index contributed by atoms with van der Waals surface area (Å²) in [7, 11) is 1.52. The second-order valence-electron chi connectivity index (χ2n) is 7.42. The van der Waals surface area contributed by atoms with Crippen molar-refractivity contribution < 1.29 is 27.0 Å². The fourth-order valence-corrected chi connectivity index (χ4v) is 3.51. The van der Waals surface area contributed by atoms with Crippen LogP contribution in [0.2, 0.25) is 0 Å². The molecule has 0 aliphatic carbocycles. The highest BCUT2D eigenvalue weighted by Gasteiger charge is 2.32. The highest BCUT2D eigenvalue weighted by atomic mass is 19.4. The molecule has 0 aliphatic rings. The zero-order valence-corrected chi connectivity index (χ0v) is 18.6. The molecule has 180 valence electrons. The Kier molecular flexibility index (Phi) is 6.46. The Hall–Kier alpha value is -4.34. The number of aliphatic imine (C=N–C) groups is 1. The van der Waals surface area contributed by atoms with Gasteiger partial charge in [0.05, 0.1) is 29.8 Å². The minimum Gasteiger partial charge on any atom is -0.497 e. The Balaban J connectivity index is 1.89. The van der Waals surface area contributed by atoms with Crippen molar-refractivity contribution in [2.75, 3.05) is 7.11 Å². The van der Waals surface area contributed by atoms with Gasteiger partial charge in [-0.1, -0.05) is 12.1 Å². The van der Waals surface area contributed by atoms with Gasteiger partial charge in [-0.3, -0.25) is 9.89 Å². The van der Waals surface area contributed by atoms with Crippen LogP contribution in [-0.4, -0.2) is 29.0 Å². The third kappa shape index (κ3) is 5.26. The predicted octanol–water partition coefficient (Wildman–Crippen LogP) is 6.02. The zero-order valence-electron chi connectivity index (χ0n) is 18.6. The number of H-pyrrole nitrogens is 1. The summed E-state index contributed by atoms with van der Waals surface area (Å²) in [6.45, 7) is 1.51. The van der Waals surface area contributed by atoms with E-state index in [4.69, 9.17) is 4.74 Å². The van der Waals surface area contributed by atoms with Crippen molar-refractivity contribution >= 4 is 11.4 Å². The van der Waals surface area contributed by atoms with E-state index in [0.717, 1.165) is 6.07 Å². The first-order chi connectivity index (χ1) is 16.7. The van der Waals surface area contributed by atoms with Gasteiger partial charge in [-0.25, -0.2) is 14.1 Å². The van der Waals surface area contributed by atoms with E-state index in [1.165, 1.54) is 61.2 Å². The molecular formula is C25H19F4N3O3. The van der Waals surface area contributed by atoms with Crippen LogP contribution >= 0.6 is 0 Å². The van der Waals surface area contributed by atoms with E-state index >= 15 is 0 Å². The Labute approximate surface area is 197 Å². The van der Waals surface area contributed by atoms with E-state index in [1.807, 2.05) is 0 Å². The van der Waals surface area contributed by atoms with E-state index in [2.05, 4.69) is 14.8 Å². The van der Waals surface area contributed by atoms with Crippen LogP contribution in [0.5, 0.6) is 11.5 Å². The summed E-state index contributed by atoms with van der Waals surface area (Å²) in [5.74, 6) is -0.373. The van der Waals surface area contributed by atoms with E-state index in [9.17, 15) is 22.4 Å². The number of hydrogen-bond acceptors (Lipinski definition) is 4. The molecule has 0 unspecified atom stereocenters. The third-order valence-electron chi connectivity index (χ3n) is 5.09. The molecule has 3 aromatic carbocycles. The predicted molar refractivity (Wildman–Crippen MR) is 123 cm³/mol. The number of nitrogens with zero attached hydrogens (tertiary/aromatic N) is 2. The number of methoxy groups -OCH3 is 1. The summed E-state index contributed by atoms with van der Waals surface area (Å²) in [4.78, 5) is 17.7. The smallest absolute Gasteiger partial charge is 0.497 e. The minimum atomic E-state index is -4.91. The van der Waals surface area contributed by atoms with Gasteiger partial charge in [0.15, 0.2) is 5.75 Å². The van der Waals surface area contributed by atoms with Crippen LogP contribution in [0.25, 0.3) is 16.9 Å². The lowest BCUT2D eigenvalue weighted by atomic mass is 10.0. The molecular weight excluding hydrogens is 466 g/mol. The molecule has 4 rings (SSSR count). The van der Waals surface area contributed by atoms with E-state index in [0.29, 0.717) is 22.7 Å². The molecule has 0 fully saturated rings. The normalized spacial score (nSPS) is 12.0. The number of nitrogens with one attached hydrogen (secondary N) is 1. The summed E-state index contributed by atoms with van der Waals surface area (Å²) in [5, 5.41) is 3.01. The Bertz CT molecular complexity index is 1420. The summed E-state index contributed by atoms with van der Waals surface area (Å²) < 4.78 is 62.4. The van der Waals surface area contributed by atoms with Gasteiger partial charge in [0.25, 0.3) is 5.56 Å². The Morgan fingerprint density at radius 2 is 1.63 bits per heavy atom. The van der Waals surface area contributed by atoms with Crippen molar-refractivity contribution in [2.45, 2.75) is 13.3 Å². The average molecular weight is 485 g/mol. The molecule has 10 heteroatoms. The number of aromatic amines is 1. The van der Waals surface area contributed by atoms with E-state index < -0.39 is 23.5 Å². The number of hydrogen-bond donors (Lipinski definition) is 1. The van der Waals surface area contributed by atoms with Crippen molar-refractivity contribution in [3.05, 3.63) is 94.5 Å². The number of halogens is 4. The molecule has 35 heavy (non-hydrogen) atoms. The van der Waals surface area contributed by atoms with Gasteiger partial charge in [-0.2, -0.15) is 0 Å². The van der Waals surface area contributed by atoms with Crippen molar-refractivity contribution in [1.29, 1.82) is 0 Å². The molecule has 0 saturated heterocycles. The number of aromatic nitrogens is 2. The van der Waals surface area contributed by atoms with Crippen LogP contribution in [0.15, 0.2) is 82.6 Å². The highest BCUT2D eigenvalue weighted by molar-refractivity contribution is 6.05. The fourth-order valence-electron chi connectivity index (χ4n) is 3.51. The van der Waals surface area contributed by atoms with Gasteiger partial charge in [-0.05, 0) is 67.6 Å². The zero-order chi connectivity index (χ0) is 25.2. The molecule has 0 spiro atoms. The lowest BCUT2D eigenvalue weighted by Crippen LogP contribution is -2.19. The maximum atomic E-state index is 13.4. The first kappa shape index (κ1) is 23.8. The van der Waals surface area contributed by atoms with Crippen LogP contribution in [0, 0.1) is 5.82 Å². The molecule has 6 nitrogen and oxygen atoms in total. The summed E-state index contributed by atoms with van der Waals surface area (Å²) in [5.41, 5.74) is 1.00. The van der Waals surface area contributed by atoms with Crippen molar-refractivity contribution in [3.8, 4) is 28.4 Å². The van der Waals surface area contributed by atoms with Crippen LogP contribution in [0.4, 0.5) is 23.2 Å². The standard InChI is InChI=1S/C25H19F4N3O3/c1-15(30-20-5-3-4-6-21(20)35-25(27,28)29)22-23(16-7-13-19(34-2)14-8-16)31-32(24(22)33)18-11-9-17(26)10-12-18/h3-14,31H,1-2H3. The lowest BCUT2D eigenvalue weighted by molar-refractivity contribution is -0.274. The monoisotopic (exact) mass is 485 g/mol. The summed E-state index contributed by atoms with van der Waals surface area (Å²) >= 11 is 0. The number of benzene rings is 3.